The van der Waals surface area contributed by atoms with Gasteiger partial charge in [0.15, 0.2) is 0 Å². The van der Waals surface area contributed by atoms with Crippen LogP contribution in [0, 0.1) is 0 Å². The Morgan fingerprint density at radius 2 is 2.00 bits per heavy atom. The van der Waals surface area contributed by atoms with Crippen LogP contribution >= 0.6 is 0 Å². The predicted octanol–water partition coefficient (Wildman–Crippen LogP) is 1.50. The van der Waals surface area contributed by atoms with Crippen molar-refractivity contribution in [2.75, 3.05) is 14.1 Å². The minimum absolute atomic E-state index is 1.03. The van der Waals surface area contributed by atoms with Crippen molar-refractivity contribution in [1.82, 2.24) is 4.90 Å². The van der Waals surface area contributed by atoms with Crippen LogP contribution in [0.25, 0.3) is 0 Å². The van der Waals surface area contributed by atoms with Crippen molar-refractivity contribution < 1.29 is 0 Å². The third-order valence-electron chi connectivity index (χ3n) is 0.778. The summed E-state index contributed by atoms with van der Waals surface area (Å²) in [7, 11) is 3.96. The average molecular weight is 126 g/mol. The minimum atomic E-state index is 1.03. The van der Waals surface area contributed by atoms with Crippen LogP contribution < -0.4 is 0 Å². The molecule has 0 radical (unpaired) electrons. The fraction of sp³-hybridized carbons (Fsp3) is 0.571. The van der Waals surface area contributed by atoms with Crippen molar-refractivity contribution >= 4 is 6.21 Å². The molecule has 0 rings (SSSR count). The van der Waals surface area contributed by atoms with Gasteiger partial charge in [-0.3, -0.25) is 4.99 Å². The van der Waals surface area contributed by atoms with Crippen molar-refractivity contribution in [2.45, 2.75) is 13.8 Å². The van der Waals surface area contributed by atoms with Crippen LogP contribution in [0.5, 0.6) is 0 Å². The maximum absolute atomic E-state index is 4.06. The lowest BCUT2D eigenvalue weighted by Gasteiger charge is -2.03. The highest BCUT2D eigenvalue weighted by Crippen LogP contribution is 1.92. The van der Waals surface area contributed by atoms with Gasteiger partial charge in [0.25, 0.3) is 0 Å². The Labute approximate surface area is 56.9 Å². The van der Waals surface area contributed by atoms with E-state index >= 15 is 0 Å². The molecule has 0 saturated heterocycles. The number of hydrogen-bond acceptors (Lipinski definition) is 2. The summed E-state index contributed by atoms with van der Waals surface area (Å²) in [4.78, 5) is 6.03. The summed E-state index contributed by atoms with van der Waals surface area (Å²) < 4.78 is 0. The van der Waals surface area contributed by atoms with E-state index in [1.165, 1.54) is 0 Å². The first-order chi connectivity index (χ1) is 4.16. The summed E-state index contributed by atoms with van der Waals surface area (Å²) in [5, 5.41) is 0. The van der Waals surface area contributed by atoms with Gasteiger partial charge in [0.1, 0.15) is 0 Å². The number of rotatable bonds is 2. The molecule has 0 aromatic heterocycles. The second-order valence-corrected chi connectivity index (χ2v) is 2.12. The highest BCUT2D eigenvalue weighted by molar-refractivity contribution is 5.54. The molecule has 0 unspecified atom stereocenters. The Morgan fingerprint density at radius 1 is 1.44 bits per heavy atom. The van der Waals surface area contributed by atoms with E-state index in [2.05, 4.69) is 4.99 Å². The maximum atomic E-state index is 4.06. The molecule has 0 N–H and O–H groups in total. The van der Waals surface area contributed by atoms with Crippen LogP contribution in [0.4, 0.5) is 0 Å². The van der Waals surface area contributed by atoms with Gasteiger partial charge >= 0.3 is 0 Å². The molecule has 0 amide bonds. The van der Waals surface area contributed by atoms with E-state index < -0.39 is 0 Å². The Hall–Kier alpha value is -0.790. The lowest BCUT2D eigenvalue weighted by atomic mass is 10.5. The van der Waals surface area contributed by atoms with Crippen LogP contribution in [0.15, 0.2) is 16.9 Å². The number of aliphatic imine (C=N–C) groups is 1. The quantitative estimate of drug-likeness (QED) is 0.512. The van der Waals surface area contributed by atoms with Gasteiger partial charge in [0.2, 0.25) is 0 Å². The van der Waals surface area contributed by atoms with Crippen LogP contribution in [0.2, 0.25) is 0 Å². The lowest BCUT2D eigenvalue weighted by molar-refractivity contribution is 0.557. The molecule has 52 valence electrons. The Morgan fingerprint density at radius 3 is 2.33 bits per heavy atom. The first-order valence-electron chi connectivity index (χ1n) is 3.00. The number of nitrogens with zero attached hydrogens (tertiary/aromatic N) is 2. The van der Waals surface area contributed by atoms with Crippen LogP contribution in [0.3, 0.4) is 0 Å². The predicted molar refractivity (Wildman–Crippen MR) is 41.6 cm³/mol. The second-order valence-electron chi connectivity index (χ2n) is 2.12. The van der Waals surface area contributed by atoms with E-state index in [9.17, 15) is 0 Å². The SMILES string of the molecule is C/C=N\C(C)=C/N(C)C. The van der Waals surface area contributed by atoms with Crippen LogP contribution in [-0.2, 0) is 0 Å². The van der Waals surface area contributed by atoms with E-state index in [0.717, 1.165) is 5.70 Å². The maximum Gasteiger partial charge on any atom is 0.0526 e. The summed E-state index contributed by atoms with van der Waals surface area (Å²) in [6, 6.07) is 0. The van der Waals surface area contributed by atoms with E-state index in [4.69, 9.17) is 0 Å². The summed E-state index contributed by atoms with van der Waals surface area (Å²) in [5.74, 6) is 0. The third kappa shape index (κ3) is 5.07. The van der Waals surface area contributed by atoms with E-state index in [-0.39, 0.29) is 0 Å². The van der Waals surface area contributed by atoms with Gasteiger partial charge in [-0.2, -0.15) is 0 Å². The van der Waals surface area contributed by atoms with E-state index in [1.807, 2.05) is 39.0 Å². The molecule has 0 aromatic rings. The largest absolute Gasteiger partial charge is 0.382 e. The number of hydrogen-bond donors (Lipinski definition) is 0. The molecule has 0 fully saturated rings. The normalized spacial score (nSPS) is 12.7. The zero-order valence-electron chi connectivity index (χ0n) is 6.55. The van der Waals surface area contributed by atoms with Gasteiger partial charge in [-0.05, 0) is 13.8 Å². The molecule has 0 bridgehead atoms. The van der Waals surface area contributed by atoms with Crippen molar-refractivity contribution in [3.05, 3.63) is 11.9 Å². The summed E-state index contributed by atoms with van der Waals surface area (Å²) in [5.41, 5.74) is 1.03. The fourth-order valence-corrected chi connectivity index (χ4v) is 0.611. The highest BCUT2D eigenvalue weighted by atomic mass is 15.0. The smallest absolute Gasteiger partial charge is 0.0526 e. The van der Waals surface area contributed by atoms with Crippen LogP contribution in [0.1, 0.15) is 13.8 Å². The molecule has 0 saturated carbocycles. The molecule has 2 nitrogen and oxygen atoms in total. The van der Waals surface area contributed by atoms with Gasteiger partial charge in [-0.1, -0.05) is 0 Å². The van der Waals surface area contributed by atoms with Gasteiger partial charge in [-0.15, -0.1) is 0 Å². The fourth-order valence-electron chi connectivity index (χ4n) is 0.611. The molecule has 0 aliphatic rings. The third-order valence-corrected chi connectivity index (χ3v) is 0.778. The molecule has 0 atom stereocenters. The topological polar surface area (TPSA) is 15.6 Å². The molecule has 9 heavy (non-hydrogen) atoms. The highest BCUT2D eigenvalue weighted by Gasteiger charge is 1.80. The average Bonchev–Trinajstić information content (AvgIpc) is 1.63. The summed E-state index contributed by atoms with van der Waals surface area (Å²) in [6.45, 7) is 3.88. The van der Waals surface area contributed by atoms with Gasteiger partial charge in [-0.25, -0.2) is 0 Å². The van der Waals surface area contributed by atoms with Gasteiger partial charge in [0, 0.05) is 26.5 Å². The molecule has 2 heteroatoms. The first-order valence-corrected chi connectivity index (χ1v) is 3.00. The zero-order chi connectivity index (χ0) is 7.28. The zero-order valence-corrected chi connectivity index (χ0v) is 6.55. The molecular formula is C7H14N2. The molecule has 0 aliphatic heterocycles. The minimum Gasteiger partial charge on any atom is -0.382 e. The van der Waals surface area contributed by atoms with Gasteiger partial charge < -0.3 is 4.90 Å². The van der Waals surface area contributed by atoms with Crippen molar-refractivity contribution in [2.24, 2.45) is 4.99 Å². The van der Waals surface area contributed by atoms with E-state index in [0.29, 0.717) is 0 Å². The molecule has 0 spiro atoms. The second kappa shape index (κ2) is 4.13. The standard InChI is InChI=1S/C7H14N2/c1-5-8-7(2)6-9(3)4/h5-6H,1-4H3/b7-6-,8-5-. The summed E-state index contributed by atoms with van der Waals surface area (Å²) in [6.07, 6.45) is 3.76. The molecule has 0 heterocycles. The van der Waals surface area contributed by atoms with Crippen molar-refractivity contribution in [3.8, 4) is 0 Å². The molecular weight excluding hydrogens is 112 g/mol. The molecule has 0 aliphatic carbocycles. The summed E-state index contributed by atoms with van der Waals surface area (Å²) >= 11 is 0. The van der Waals surface area contributed by atoms with Crippen LogP contribution in [-0.4, -0.2) is 25.2 Å². The number of allylic oxidation sites excluding steroid dienone is 1. The molecule has 0 aromatic carbocycles. The van der Waals surface area contributed by atoms with Crippen molar-refractivity contribution in [3.63, 3.8) is 0 Å². The van der Waals surface area contributed by atoms with E-state index in [1.54, 1.807) is 6.21 Å². The lowest BCUT2D eigenvalue weighted by Crippen LogP contribution is -2.01. The Bertz CT molecular complexity index is 123. The monoisotopic (exact) mass is 126 g/mol. The first kappa shape index (κ1) is 8.21. The van der Waals surface area contributed by atoms with Crippen molar-refractivity contribution in [1.29, 1.82) is 0 Å². The van der Waals surface area contributed by atoms with Gasteiger partial charge in [0.05, 0.1) is 5.70 Å². The Balaban J connectivity index is 3.84. The Kier molecular flexibility index (Phi) is 3.76.